The molecule has 0 spiro atoms. The molecular formula is C8H17N5O2S. The third-order valence-corrected chi connectivity index (χ3v) is 3.88. The van der Waals surface area contributed by atoms with Crippen LogP contribution in [0.1, 0.15) is 30.8 Å². The van der Waals surface area contributed by atoms with E-state index in [4.69, 9.17) is 5.73 Å². The van der Waals surface area contributed by atoms with Crippen LogP contribution in [0.4, 0.5) is 0 Å². The standard InChI is InChI=1S/C8H17N5O2S/c1-7(16(2,14)15)8-10-11-12-13(8)6-4-3-5-9/h7H,3-6,9H2,1-2H3. The van der Waals surface area contributed by atoms with Gasteiger partial charge >= 0.3 is 0 Å². The summed E-state index contributed by atoms with van der Waals surface area (Å²) in [4.78, 5) is 0. The molecule has 16 heavy (non-hydrogen) atoms. The molecule has 0 aromatic carbocycles. The second-order valence-electron chi connectivity index (χ2n) is 3.73. The van der Waals surface area contributed by atoms with Gasteiger partial charge in [0.25, 0.3) is 0 Å². The summed E-state index contributed by atoms with van der Waals surface area (Å²) in [5.74, 6) is 0.388. The number of nitrogens with two attached hydrogens (primary N) is 1. The van der Waals surface area contributed by atoms with Crippen LogP contribution in [0.25, 0.3) is 0 Å². The maximum Gasteiger partial charge on any atom is 0.169 e. The van der Waals surface area contributed by atoms with Gasteiger partial charge in [0.1, 0.15) is 5.25 Å². The number of rotatable bonds is 6. The number of nitrogens with zero attached hydrogens (tertiary/aromatic N) is 4. The molecule has 0 fully saturated rings. The number of hydrogen-bond donors (Lipinski definition) is 1. The Morgan fingerprint density at radius 1 is 1.44 bits per heavy atom. The molecular weight excluding hydrogens is 230 g/mol. The number of sulfone groups is 1. The average Bonchev–Trinajstić information content (AvgIpc) is 2.64. The van der Waals surface area contributed by atoms with Gasteiger partial charge in [0.05, 0.1) is 0 Å². The van der Waals surface area contributed by atoms with E-state index in [0.29, 0.717) is 18.9 Å². The molecule has 0 aliphatic heterocycles. The summed E-state index contributed by atoms with van der Waals surface area (Å²) in [7, 11) is -3.17. The number of aryl methyl sites for hydroxylation is 1. The highest BCUT2D eigenvalue weighted by atomic mass is 32.2. The van der Waals surface area contributed by atoms with Crippen LogP contribution in [0.3, 0.4) is 0 Å². The summed E-state index contributed by atoms with van der Waals surface area (Å²) in [6, 6.07) is 0. The van der Waals surface area contributed by atoms with Crippen molar-refractivity contribution in [1.82, 2.24) is 20.2 Å². The van der Waals surface area contributed by atoms with E-state index in [0.717, 1.165) is 12.8 Å². The zero-order valence-corrected chi connectivity index (χ0v) is 10.3. The van der Waals surface area contributed by atoms with Crippen LogP contribution in [-0.4, -0.2) is 41.4 Å². The Bertz CT molecular complexity index is 427. The normalized spacial score (nSPS) is 13.9. The molecule has 0 saturated carbocycles. The fourth-order valence-electron chi connectivity index (χ4n) is 1.26. The van der Waals surface area contributed by atoms with E-state index in [1.54, 1.807) is 6.92 Å². The molecule has 1 rings (SSSR count). The highest BCUT2D eigenvalue weighted by Crippen LogP contribution is 2.17. The van der Waals surface area contributed by atoms with Crippen molar-refractivity contribution in [3.8, 4) is 0 Å². The predicted octanol–water partition coefficient (Wildman–Crippen LogP) is -0.482. The molecule has 92 valence electrons. The van der Waals surface area contributed by atoms with Crippen LogP contribution in [0.2, 0.25) is 0 Å². The van der Waals surface area contributed by atoms with Crippen LogP contribution >= 0.6 is 0 Å². The monoisotopic (exact) mass is 247 g/mol. The lowest BCUT2D eigenvalue weighted by Gasteiger charge is -2.09. The van der Waals surface area contributed by atoms with Gasteiger partial charge in [-0.3, -0.25) is 0 Å². The zero-order chi connectivity index (χ0) is 12.2. The molecule has 1 unspecified atom stereocenters. The summed E-state index contributed by atoms with van der Waals surface area (Å²) >= 11 is 0. The molecule has 1 heterocycles. The lowest BCUT2D eigenvalue weighted by Crippen LogP contribution is -2.15. The van der Waals surface area contributed by atoms with Crippen LogP contribution in [-0.2, 0) is 16.4 Å². The van der Waals surface area contributed by atoms with E-state index in [1.807, 2.05) is 0 Å². The molecule has 8 heteroatoms. The highest BCUT2D eigenvalue weighted by molar-refractivity contribution is 7.90. The van der Waals surface area contributed by atoms with Gasteiger partial charge in [-0.2, -0.15) is 0 Å². The van der Waals surface area contributed by atoms with E-state index < -0.39 is 15.1 Å². The van der Waals surface area contributed by atoms with Crippen LogP contribution in [0.5, 0.6) is 0 Å². The molecule has 0 saturated heterocycles. The Labute approximate surface area is 94.9 Å². The van der Waals surface area contributed by atoms with Crippen molar-refractivity contribution < 1.29 is 8.42 Å². The molecule has 0 aliphatic rings. The van der Waals surface area contributed by atoms with Crippen molar-refractivity contribution in [1.29, 1.82) is 0 Å². The van der Waals surface area contributed by atoms with Crippen LogP contribution < -0.4 is 5.73 Å². The fraction of sp³-hybridized carbons (Fsp3) is 0.875. The van der Waals surface area contributed by atoms with Gasteiger partial charge in [0.2, 0.25) is 0 Å². The molecule has 0 amide bonds. The van der Waals surface area contributed by atoms with Crippen LogP contribution in [0, 0.1) is 0 Å². The van der Waals surface area contributed by atoms with E-state index in [1.165, 1.54) is 10.9 Å². The number of aromatic nitrogens is 4. The largest absolute Gasteiger partial charge is 0.330 e. The Kier molecular flexibility index (Phi) is 4.36. The van der Waals surface area contributed by atoms with Gasteiger partial charge in [-0.15, -0.1) is 5.10 Å². The summed E-state index contributed by atoms with van der Waals surface area (Å²) < 4.78 is 24.3. The lowest BCUT2D eigenvalue weighted by molar-refractivity contribution is 0.519. The zero-order valence-electron chi connectivity index (χ0n) is 9.50. The van der Waals surface area contributed by atoms with Gasteiger partial charge in [-0.25, -0.2) is 13.1 Å². The summed E-state index contributed by atoms with van der Waals surface area (Å²) in [6.45, 7) is 2.79. The second-order valence-corrected chi connectivity index (χ2v) is 6.09. The molecule has 1 aromatic heterocycles. The van der Waals surface area contributed by atoms with E-state index in [9.17, 15) is 8.42 Å². The number of hydrogen-bond acceptors (Lipinski definition) is 6. The Balaban J connectivity index is 2.78. The number of tetrazole rings is 1. The molecule has 0 bridgehead atoms. The average molecular weight is 247 g/mol. The lowest BCUT2D eigenvalue weighted by atomic mass is 10.3. The molecule has 7 nitrogen and oxygen atoms in total. The Hall–Kier alpha value is -1.02. The van der Waals surface area contributed by atoms with Crippen molar-refractivity contribution in [3.05, 3.63) is 5.82 Å². The summed E-state index contributed by atoms with van der Waals surface area (Å²) in [6.07, 6.45) is 2.88. The maximum atomic E-state index is 11.4. The predicted molar refractivity (Wildman–Crippen MR) is 59.4 cm³/mol. The molecule has 1 aromatic rings. The first-order valence-electron chi connectivity index (χ1n) is 5.11. The van der Waals surface area contributed by atoms with Crippen molar-refractivity contribution >= 4 is 9.84 Å². The quantitative estimate of drug-likeness (QED) is 0.681. The smallest absolute Gasteiger partial charge is 0.169 e. The number of unbranched alkanes of at least 4 members (excludes halogenated alkanes) is 1. The van der Waals surface area contributed by atoms with Crippen molar-refractivity contribution in [2.75, 3.05) is 12.8 Å². The molecule has 0 aliphatic carbocycles. The first kappa shape index (κ1) is 13.0. The van der Waals surface area contributed by atoms with Gasteiger partial charge in [0.15, 0.2) is 15.7 Å². The van der Waals surface area contributed by atoms with Crippen molar-refractivity contribution in [3.63, 3.8) is 0 Å². The van der Waals surface area contributed by atoms with Gasteiger partial charge in [-0.1, -0.05) is 0 Å². The third kappa shape index (κ3) is 3.24. The van der Waals surface area contributed by atoms with Crippen molar-refractivity contribution in [2.24, 2.45) is 5.73 Å². The molecule has 1 atom stereocenters. The van der Waals surface area contributed by atoms with Crippen molar-refractivity contribution in [2.45, 2.75) is 31.6 Å². The highest BCUT2D eigenvalue weighted by Gasteiger charge is 2.23. The molecule has 0 radical (unpaired) electrons. The minimum Gasteiger partial charge on any atom is -0.330 e. The van der Waals surface area contributed by atoms with Crippen LogP contribution in [0.15, 0.2) is 0 Å². The van der Waals surface area contributed by atoms with Gasteiger partial charge in [-0.05, 0) is 36.7 Å². The first-order chi connectivity index (χ1) is 7.46. The Morgan fingerprint density at radius 3 is 2.69 bits per heavy atom. The SMILES string of the molecule is CC(c1nnnn1CCCCN)S(C)(=O)=O. The van der Waals surface area contributed by atoms with Gasteiger partial charge < -0.3 is 5.73 Å². The minimum absolute atomic E-state index is 0.388. The molecule has 2 N–H and O–H groups in total. The van der Waals surface area contributed by atoms with E-state index >= 15 is 0 Å². The van der Waals surface area contributed by atoms with E-state index in [-0.39, 0.29) is 0 Å². The summed E-state index contributed by atoms with van der Waals surface area (Å²) in [5, 5.41) is 10.3. The Morgan fingerprint density at radius 2 is 2.12 bits per heavy atom. The first-order valence-corrected chi connectivity index (χ1v) is 7.07. The summed E-state index contributed by atoms with van der Waals surface area (Å²) in [5.41, 5.74) is 5.38. The second kappa shape index (κ2) is 5.35. The topological polar surface area (TPSA) is 104 Å². The van der Waals surface area contributed by atoms with E-state index in [2.05, 4.69) is 15.5 Å². The minimum atomic E-state index is -3.17. The third-order valence-electron chi connectivity index (χ3n) is 2.39. The fourth-order valence-corrected chi connectivity index (χ4v) is 1.81. The maximum absolute atomic E-state index is 11.4. The van der Waals surface area contributed by atoms with Gasteiger partial charge in [0, 0.05) is 12.8 Å².